The first-order chi connectivity index (χ1) is 10.8. The second-order valence-corrected chi connectivity index (χ2v) is 5.83. The minimum absolute atomic E-state index is 0.174. The van der Waals surface area contributed by atoms with Crippen LogP contribution >= 0.6 is 0 Å². The third-order valence-electron chi connectivity index (χ3n) is 4.16. The molecule has 5 heteroatoms. The van der Waals surface area contributed by atoms with E-state index < -0.39 is 0 Å². The number of hydrogen-bond donors (Lipinski definition) is 1. The largest absolute Gasteiger partial charge is 0.490 e. The number of ketones is 1. The number of benzene rings is 1. The Morgan fingerprint density at radius 2 is 1.95 bits per heavy atom. The van der Waals surface area contributed by atoms with Gasteiger partial charge in [-0.25, -0.2) is 0 Å². The maximum atomic E-state index is 12.4. The summed E-state index contributed by atoms with van der Waals surface area (Å²) in [7, 11) is 0. The molecule has 0 atom stereocenters. The van der Waals surface area contributed by atoms with E-state index in [1.807, 2.05) is 18.2 Å². The minimum atomic E-state index is 0.174. The van der Waals surface area contributed by atoms with Gasteiger partial charge < -0.3 is 19.7 Å². The van der Waals surface area contributed by atoms with Gasteiger partial charge in [-0.05, 0) is 37.7 Å². The molecule has 0 saturated carbocycles. The first-order valence-corrected chi connectivity index (χ1v) is 8.19. The third kappa shape index (κ3) is 3.99. The molecule has 120 valence electrons. The van der Waals surface area contributed by atoms with Crippen LogP contribution in [0.5, 0.6) is 11.5 Å². The molecule has 0 aromatic heterocycles. The molecular formula is C17H24N2O3. The van der Waals surface area contributed by atoms with Gasteiger partial charge in [0.15, 0.2) is 17.3 Å². The number of ether oxygens (including phenoxy) is 2. The fraction of sp³-hybridized carbons (Fsp3) is 0.588. The molecule has 0 aliphatic carbocycles. The first kappa shape index (κ1) is 15.3. The number of carbonyl (C=O) groups excluding carboxylic acids is 1. The Morgan fingerprint density at radius 3 is 2.86 bits per heavy atom. The monoisotopic (exact) mass is 304 g/mol. The van der Waals surface area contributed by atoms with Crippen LogP contribution in [0.3, 0.4) is 0 Å². The molecule has 1 N–H and O–H groups in total. The molecule has 1 fully saturated rings. The van der Waals surface area contributed by atoms with E-state index in [-0.39, 0.29) is 5.78 Å². The number of nitrogens with zero attached hydrogens (tertiary/aromatic N) is 1. The van der Waals surface area contributed by atoms with Crippen molar-refractivity contribution in [2.24, 2.45) is 0 Å². The molecule has 22 heavy (non-hydrogen) atoms. The van der Waals surface area contributed by atoms with Crippen LogP contribution in [0.1, 0.15) is 29.6 Å². The minimum Gasteiger partial charge on any atom is -0.490 e. The van der Waals surface area contributed by atoms with Crippen LogP contribution in [-0.2, 0) is 0 Å². The van der Waals surface area contributed by atoms with Gasteiger partial charge in [0.2, 0.25) is 0 Å². The van der Waals surface area contributed by atoms with Crippen molar-refractivity contribution in [2.75, 3.05) is 45.9 Å². The van der Waals surface area contributed by atoms with Gasteiger partial charge in [0.1, 0.15) is 0 Å². The van der Waals surface area contributed by atoms with Crippen LogP contribution in [0.2, 0.25) is 0 Å². The fourth-order valence-corrected chi connectivity index (χ4v) is 2.87. The Balaban J connectivity index is 1.58. The molecule has 1 aromatic rings. The van der Waals surface area contributed by atoms with Gasteiger partial charge in [0.25, 0.3) is 0 Å². The number of carbonyl (C=O) groups is 1. The van der Waals surface area contributed by atoms with Crippen molar-refractivity contribution in [1.29, 1.82) is 0 Å². The molecular weight excluding hydrogens is 280 g/mol. The molecule has 0 unspecified atom stereocenters. The predicted octanol–water partition coefficient (Wildman–Crippen LogP) is 1.72. The molecule has 0 amide bonds. The number of fused-ring (bicyclic) bond motifs is 1. The van der Waals surface area contributed by atoms with E-state index in [9.17, 15) is 4.79 Å². The molecule has 2 heterocycles. The molecule has 5 nitrogen and oxygen atoms in total. The summed E-state index contributed by atoms with van der Waals surface area (Å²) in [4.78, 5) is 14.8. The zero-order chi connectivity index (χ0) is 15.2. The maximum Gasteiger partial charge on any atom is 0.164 e. The molecule has 1 saturated heterocycles. The highest BCUT2D eigenvalue weighted by Crippen LogP contribution is 2.30. The van der Waals surface area contributed by atoms with Gasteiger partial charge in [-0.1, -0.05) is 0 Å². The summed E-state index contributed by atoms with van der Waals surface area (Å²) < 4.78 is 11.3. The third-order valence-corrected chi connectivity index (χ3v) is 4.16. The lowest BCUT2D eigenvalue weighted by molar-refractivity contribution is 0.0965. The van der Waals surface area contributed by atoms with E-state index in [2.05, 4.69) is 10.2 Å². The lowest BCUT2D eigenvalue weighted by Gasteiger charge is -2.18. The van der Waals surface area contributed by atoms with Crippen LogP contribution in [-0.4, -0.2) is 56.6 Å². The van der Waals surface area contributed by atoms with Crippen LogP contribution in [0.4, 0.5) is 0 Å². The lowest BCUT2D eigenvalue weighted by Crippen LogP contribution is -2.30. The summed E-state index contributed by atoms with van der Waals surface area (Å²) >= 11 is 0. The van der Waals surface area contributed by atoms with Crippen LogP contribution in [0.15, 0.2) is 18.2 Å². The standard InChI is InChI=1S/C17H24N2O3/c20-15(5-9-19-8-1-6-18-7-10-19)14-3-4-16-17(13-14)22-12-2-11-21-16/h3-4,13,18H,1-2,5-12H2. The second-order valence-electron chi connectivity index (χ2n) is 5.83. The van der Waals surface area contributed by atoms with Gasteiger partial charge in [0.05, 0.1) is 13.2 Å². The Bertz CT molecular complexity index is 511. The van der Waals surface area contributed by atoms with Gasteiger partial charge in [-0.3, -0.25) is 4.79 Å². The Hall–Kier alpha value is -1.59. The smallest absolute Gasteiger partial charge is 0.164 e. The van der Waals surface area contributed by atoms with Crippen LogP contribution in [0, 0.1) is 0 Å². The lowest BCUT2D eigenvalue weighted by atomic mass is 10.1. The van der Waals surface area contributed by atoms with Crippen LogP contribution in [0.25, 0.3) is 0 Å². The average Bonchev–Trinajstić information content (AvgIpc) is 2.94. The molecule has 0 radical (unpaired) electrons. The van der Waals surface area contributed by atoms with Gasteiger partial charge in [-0.15, -0.1) is 0 Å². The number of rotatable bonds is 4. The Labute approximate surface area is 131 Å². The number of Topliss-reactive ketones (excluding diaryl/α,β-unsaturated/α-hetero) is 1. The Kier molecular flexibility index (Phi) is 5.29. The highest BCUT2D eigenvalue weighted by atomic mass is 16.5. The van der Waals surface area contributed by atoms with Crippen molar-refractivity contribution in [3.8, 4) is 11.5 Å². The summed E-state index contributed by atoms with van der Waals surface area (Å²) in [5.74, 6) is 1.61. The van der Waals surface area contributed by atoms with Crippen LogP contribution < -0.4 is 14.8 Å². The normalized spacial score (nSPS) is 19.3. The van der Waals surface area contributed by atoms with Gasteiger partial charge in [-0.2, -0.15) is 0 Å². The fourth-order valence-electron chi connectivity index (χ4n) is 2.87. The topological polar surface area (TPSA) is 50.8 Å². The van der Waals surface area contributed by atoms with E-state index in [1.165, 1.54) is 0 Å². The van der Waals surface area contributed by atoms with Crippen molar-refractivity contribution in [2.45, 2.75) is 19.3 Å². The van der Waals surface area contributed by atoms with E-state index in [1.54, 1.807) is 0 Å². The summed E-state index contributed by atoms with van der Waals surface area (Å²) in [5.41, 5.74) is 0.720. The molecule has 0 spiro atoms. The SMILES string of the molecule is O=C(CCN1CCCNCC1)c1ccc2c(c1)OCCCO2. The predicted molar refractivity (Wildman–Crippen MR) is 84.9 cm³/mol. The summed E-state index contributed by atoms with van der Waals surface area (Å²) in [6.45, 7) is 6.32. The van der Waals surface area contributed by atoms with E-state index in [4.69, 9.17) is 9.47 Å². The highest BCUT2D eigenvalue weighted by molar-refractivity contribution is 5.96. The zero-order valence-electron chi connectivity index (χ0n) is 13.0. The van der Waals surface area contributed by atoms with Gasteiger partial charge >= 0.3 is 0 Å². The average molecular weight is 304 g/mol. The van der Waals surface area contributed by atoms with E-state index >= 15 is 0 Å². The van der Waals surface area contributed by atoms with E-state index in [0.717, 1.165) is 56.9 Å². The Morgan fingerprint density at radius 1 is 1.09 bits per heavy atom. The zero-order valence-corrected chi connectivity index (χ0v) is 13.0. The maximum absolute atomic E-state index is 12.4. The molecule has 2 aliphatic rings. The van der Waals surface area contributed by atoms with Crippen molar-refractivity contribution < 1.29 is 14.3 Å². The summed E-state index contributed by atoms with van der Waals surface area (Å²) in [6, 6.07) is 5.52. The highest BCUT2D eigenvalue weighted by Gasteiger charge is 2.15. The molecule has 0 bridgehead atoms. The van der Waals surface area contributed by atoms with Crippen molar-refractivity contribution in [1.82, 2.24) is 10.2 Å². The first-order valence-electron chi connectivity index (χ1n) is 8.19. The summed E-state index contributed by atoms with van der Waals surface area (Å²) in [6.07, 6.45) is 2.58. The number of nitrogens with one attached hydrogen (secondary N) is 1. The van der Waals surface area contributed by atoms with E-state index in [0.29, 0.717) is 25.4 Å². The quantitative estimate of drug-likeness (QED) is 0.858. The van der Waals surface area contributed by atoms with Crippen molar-refractivity contribution in [3.05, 3.63) is 23.8 Å². The summed E-state index contributed by atoms with van der Waals surface area (Å²) in [5, 5.41) is 3.38. The van der Waals surface area contributed by atoms with Crippen molar-refractivity contribution >= 4 is 5.78 Å². The molecule has 1 aromatic carbocycles. The number of hydrogen-bond acceptors (Lipinski definition) is 5. The van der Waals surface area contributed by atoms with Crippen molar-refractivity contribution in [3.63, 3.8) is 0 Å². The molecule has 2 aliphatic heterocycles. The second kappa shape index (κ2) is 7.61. The van der Waals surface area contributed by atoms with Gasteiger partial charge in [0, 0.05) is 38.0 Å². The molecule has 3 rings (SSSR count).